The van der Waals surface area contributed by atoms with Gasteiger partial charge < -0.3 is 13.9 Å². The molecule has 0 unspecified atom stereocenters. The van der Waals surface area contributed by atoms with Gasteiger partial charge in [0.1, 0.15) is 11.2 Å². The topological polar surface area (TPSA) is 21.3 Å². The fourth-order valence-electron chi connectivity index (χ4n) is 11.1. The smallest absolute Gasteiger partial charge is 0.136 e. The Labute approximate surface area is 423 Å². The number of para-hydroxylation sites is 3. The molecule has 0 radical (unpaired) electrons. The van der Waals surface area contributed by atoms with Gasteiger partial charge in [-0.1, -0.05) is 200 Å². The third kappa shape index (κ3) is 7.46. The molecule has 3 heteroatoms. The molecule has 2 heterocycles. The highest BCUT2D eigenvalue weighted by Gasteiger charge is 2.17. The molecule has 0 aliphatic heterocycles. The minimum Gasteiger partial charge on any atom is -0.456 e. The highest BCUT2D eigenvalue weighted by Crippen LogP contribution is 2.41. The average molecular weight is 931 g/mol. The van der Waals surface area contributed by atoms with Crippen molar-refractivity contribution in [2.75, 3.05) is 4.90 Å². The SMILES string of the molecule is c1cc(-c2ccc(N(c3ccc(-c4ccc(-c5ccc(-n6c7ccccc7c7ccccc76)cc5)cc4)cc3)c3ccc(-c4cccc5ccccc45)cc3)cc2)cc(-c2cccc3oc4ccccc4c23)c1. The number of hydrogen-bond donors (Lipinski definition) is 0. The lowest BCUT2D eigenvalue weighted by Crippen LogP contribution is -2.09. The van der Waals surface area contributed by atoms with Crippen LogP contribution in [0.25, 0.3) is 116 Å². The minimum atomic E-state index is 0.902. The quantitative estimate of drug-likeness (QED) is 0.144. The molecule has 0 amide bonds. The number of aromatic nitrogens is 1. The van der Waals surface area contributed by atoms with Crippen LogP contribution in [0.2, 0.25) is 0 Å². The van der Waals surface area contributed by atoms with E-state index in [-0.39, 0.29) is 0 Å². The van der Waals surface area contributed by atoms with Gasteiger partial charge in [0.05, 0.1) is 11.0 Å². The molecular formula is C70H46N2O. The molecule has 14 rings (SSSR count). The van der Waals surface area contributed by atoms with Crippen LogP contribution in [-0.4, -0.2) is 4.57 Å². The van der Waals surface area contributed by atoms with Gasteiger partial charge in [-0.05, 0) is 145 Å². The fourth-order valence-corrected chi connectivity index (χ4v) is 11.1. The summed E-state index contributed by atoms with van der Waals surface area (Å²) in [5.74, 6) is 0. The standard InChI is InChI=1S/C70H46N2O/c1-2-16-60-52(12-1)13-10-20-61(60)53-36-44-58(45-37-53)71(57-40-34-51(35-41-57)54-14-9-15-55(46-54)62-21-11-25-69-70(62)65-19-5-8-24-68(65)73-69)56-38-30-49(31-39-56)47-26-28-48(29-27-47)50-32-42-59(43-33-50)72-66-22-6-3-17-63(66)64-18-4-7-23-67(64)72/h1-46H. The van der Waals surface area contributed by atoms with Crippen molar-refractivity contribution in [2.24, 2.45) is 0 Å². The number of benzene rings is 12. The van der Waals surface area contributed by atoms with Crippen molar-refractivity contribution in [2.45, 2.75) is 0 Å². The van der Waals surface area contributed by atoms with Crippen molar-refractivity contribution in [1.29, 1.82) is 0 Å². The van der Waals surface area contributed by atoms with Crippen LogP contribution in [0.5, 0.6) is 0 Å². The summed E-state index contributed by atoms with van der Waals surface area (Å²) in [5.41, 5.74) is 20.4. The Balaban J connectivity index is 0.773. The third-order valence-electron chi connectivity index (χ3n) is 14.6. The molecule has 0 fully saturated rings. The zero-order valence-corrected chi connectivity index (χ0v) is 39.9. The first kappa shape index (κ1) is 42.2. The number of nitrogens with zero attached hydrogens (tertiary/aromatic N) is 2. The summed E-state index contributed by atoms with van der Waals surface area (Å²) in [4.78, 5) is 2.35. The normalized spacial score (nSPS) is 11.6. The van der Waals surface area contributed by atoms with Crippen LogP contribution in [0.3, 0.4) is 0 Å². The van der Waals surface area contributed by atoms with Crippen LogP contribution in [0, 0.1) is 0 Å². The van der Waals surface area contributed by atoms with Crippen LogP contribution in [0.15, 0.2) is 283 Å². The summed E-state index contributed by atoms with van der Waals surface area (Å²) < 4.78 is 8.62. The summed E-state index contributed by atoms with van der Waals surface area (Å²) in [6, 6.07) is 101. The van der Waals surface area contributed by atoms with Gasteiger partial charge in [-0.3, -0.25) is 0 Å². The summed E-state index contributed by atoms with van der Waals surface area (Å²) in [6.45, 7) is 0. The van der Waals surface area contributed by atoms with Crippen molar-refractivity contribution >= 4 is 71.6 Å². The summed E-state index contributed by atoms with van der Waals surface area (Å²) >= 11 is 0. The van der Waals surface area contributed by atoms with Gasteiger partial charge >= 0.3 is 0 Å². The van der Waals surface area contributed by atoms with Crippen LogP contribution in [-0.2, 0) is 0 Å². The predicted molar refractivity (Wildman–Crippen MR) is 307 cm³/mol. The maximum Gasteiger partial charge on any atom is 0.136 e. The molecule has 12 aromatic carbocycles. The Hall–Kier alpha value is -9.70. The molecule has 342 valence electrons. The van der Waals surface area contributed by atoms with E-state index in [0.717, 1.165) is 66.9 Å². The van der Waals surface area contributed by atoms with Gasteiger partial charge in [-0.2, -0.15) is 0 Å². The number of rotatable bonds is 9. The van der Waals surface area contributed by atoms with Gasteiger partial charge in [0.2, 0.25) is 0 Å². The van der Waals surface area contributed by atoms with Gasteiger partial charge in [0, 0.05) is 44.3 Å². The molecule has 3 nitrogen and oxygen atoms in total. The molecule has 14 aromatic rings. The van der Waals surface area contributed by atoms with Crippen LogP contribution in [0.1, 0.15) is 0 Å². The van der Waals surface area contributed by atoms with E-state index in [1.165, 1.54) is 66.0 Å². The van der Waals surface area contributed by atoms with Crippen molar-refractivity contribution in [3.05, 3.63) is 279 Å². The molecule has 0 saturated heterocycles. The van der Waals surface area contributed by atoms with Crippen LogP contribution >= 0.6 is 0 Å². The van der Waals surface area contributed by atoms with E-state index < -0.39 is 0 Å². The first-order valence-corrected chi connectivity index (χ1v) is 25.0. The molecule has 0 aliphatic carbocycles. The first-order chi connectivity index (χ1) is 36.2. The van der Waals surface area contributed by atoms with E-state index in [2.05, 4.69) is 276 Å². The third-order valence-corrected chi connectivity index (χ3v) is 14.6. The highest BCUT2D eigenvalue weighted by atomic mass is 16.3. The Morgan fingerprint density at radius 1 is 0.274 bits per heavy atom. The monoisotopic (exact) mass is 930 g/mol. The predicted octanol–water partition coefficient (Wildman–Crippen LogP) is 19.6. The average Bonchev–Trinajstić information content (AvgIpc) is 4.03. The van der Waals surface area contributed by atoms with Crippen molar-refractivity contribution in [1.82, 2.24) is 4.57 Å². The Bertz CT molecular complexity index is 4280. The van der Waals surface area contributed by atoms with Crippen LogP contribution < -0.4 is 4.90 Å². The molecule has 0 atom stereocenters. The summed E-state index contributed by atoms with van der Waals surface area (Å²) in [7, 11) is 0. The number of anilines is 3. The second kappa shape index (κ2) is 17.6. The largest absolute Gasteiger partial charge is 0.456 e. The van der Waals surface area contributed by atoms with Crippen molar-refractivity contribution in [3.8, 4) is 61.3 Å². The Kier molecular flexibility index (Phi) is 10.2. The van der Waals surface area contributed by atoms with E-state index >= 15 is 0 Å². The molecule has 0 spiro atoms. The maximum absolute atomic E-state index is 6.26. The van der Waals surface area contributed by atoms with E-state index in [9.17, 15) is 0 Å². The van der Waals surface area contributed by atoms with Gasteiger partial charge in [0.15, 0.2) is 0 Å². The molecule has 0 bridgehead atoms. The molecular weight excluding hydrogens is 885 g/mol. The second-order valence-electron chi connectivity index (χ2n) is 18.9. The van der Waals surface area contributed by atoms with Gasteiger partial charge in [0.25, 0.3) is 0 Å². The van der Waals surface area contributed by atoms with E-state index in [0.29, 0.717) is 0 Å². The lowest BCUT2D eigenvalue weighted by molar-refractivity contribution is 0.669. The Morgan fingerprint density at radius 3 is 1.33 bits per heavy atom. The molecule has 2 aromatic heterocycles. The summed E-state index contributed by atoms with van der Waals surface area (Å²) in [5, 5.41) is 7.31. The van der Waals surface area contributed by atoms with Crippen LogP contribution in [0.4, 0.5) is 17.1 Å². The van der Waals surface area contributed by atoms with Crippen molar-refractivity contribution in [3.63, 3.8) is 0 Å². The first-order valence-electron chi connectivity index (χ1n) is 25.0. The molecule has 0 aliphatic rings. The molecule has 0 saturated carbocycles. The number of furan rings is 1. The van der Waals surface area contributed by atoms with E-state index in [1.807, 2.05) is 12.1 Å². The second-order valence-corrected chi connectivity index (χ2v) is 18.9. The summed E-state index contributed by atoms with van der Waals surface area (Å²) in [6.07, 6.45) is 0. The van der Waals surface area contributed by atoms with E-state index in [1.54, 1.807) is 0 Å². The fraction of sp³-hybridized carbons (Fsp3) is 0. The van der Waals surface area contributed by atoms with Gasteiger partial charge in [-0.15, -0.1) is 0 Å². The Morgan fingerprint density at radius 2 is 0.699 bits per heavy atom. The lowest BCUT2D eigenvalue weighted by atomic mass is 9.95. The molecule has 73 heavy (non-hydrogen) atoms. The zero-order chi connectivity index (χ0) is 48.2. The van der Waals surface area contributed by atoms with Crippen molar-refractivity contribution < 1.29 is 4.42 Å². The maximum atomic E-state index is 6.26. The highest BCUT2D eigenvalue weighted by molar-refractivity contribution is 6.13. The minimum absolute atomic E-state index is 0.902. The molecule has 0 N–H and O–H groups in total. The number of fused-ring (bicyclic) bond motifs is 7. The number of hydrogen-bond acceptors (Lipinski definition) is 2. The lowest BCUT2D eigenvalue weighted by Gasteiger charge is -2.26. The zero-order valence-electron chi connectivity index (χ0n) is 39.9. The van der Waals surface area contributed by atoms with Gasteiger partial charge in [-0.25, -0.2) is 0 Å². The van der Waals surface area contributed by atoms with E-state index in [4.69, 9.17) is 4.42 Å².